The fourth-order valence-electron chi connectivity index (χ4n) is 2.23. The third-order valence-electron chi connectivity index (χ3n) is 3.24. The van der Waals surface area contributed by atoms with Crippen molar-refractivity contribution in [1.29, 1.82) is 0 Å². The second kappa shape index (κ2) is 5.51. The van der Waals surface area contributed by atoms with Gasteiger partial charge in [0.1, 0.15) is 0 Å². The van der Waals surface area contributed by atoms with Crippen LogP contribution in [0.15, 0.2) is 34.3 Å². The van der Waals surface area contributed by atoms with Crippen LogP contribution in [0.1, 0.15) is 14.6 Å². The van der Waals surface area contributed by atoms with Crippen LogP contribution in [0.5, 0.6) is 0 Å². The molecule has 0 bridgehead atoms. The van der Waals surface area contributed by atoms with Crippen LogP contribution >= 0.6 is 40.0 Å². The molecule has 3 heterocycles. The maximum Gasteiger partial charge on any atom is 0.0404 e. The average Bonchev–Trinajstić information content (AvgIpc) is 3.10. The summed E-state index contributed by atoms with van der Waals surface area (Å²) >= 11 is 11.7. The highest BCUT2D eigenvalue weighted by Crippen LogP contribution is 2.45. The molecule has 3 aromatic rings. The molecule has 0 aliphatic rings. The van der Waals surface area contributed by atoms with Gasteiger partial charge in [-0.1, -0.05) is 11.8 Å². The van der Waals surface area contributed by atoms with E-state index in [0.29, 0.717) is 0 Å². The predicted octanol–water partition coefficient (Wildman–Crippen LogP) is 4.55. The minimum Gasteiger partial charge on any atom is -0.148 e. The Morgan fingerprint density at radius 2 is 1.00 bits per heavy atom. The summed E-state index contributed by atoms with van der Waals surface area (Å²) in [4.78, 5) is 4.02. The molecular weight excluding hydrogens is 339 g/mol. The molecule has 0 aromatic carbocycles. The summed E-state index contributed by atoms with van der Waals surface area (Å²) in [6.07, 6.45) is 0. The zero-order chi connectivity index (χ0) is 14.3. The highest BCUT2D eigenvalue weighted by Gasteiger charge is 2.27. The van der Waals surface area contributed by atoms with Gasteiger partial charge in [0.25, 0.3) is 0 Å². The highest BCUT2D eigenvalue weighted by molar-refractivity contribution is 8.25. The summed E-state index contributed by atoms with van der Waals surface area (Å²) in [6.45, 7) is 6.47. The largest absolute Gasteiger partial charge is 0.148 e. The van der Waals surface area contributed by atoms with Gasteiger partial charge in [-0.25, -0.2) is 0 Å². The van der Waals surface area contributed by atoms with Crippen molar-refractivity contribution in [1.82, 2.24) is 0 Å². The Morgan fingerprint density at radius 1 is 0.700 bits per heavy atom. The van der Waals surface area contributed by atoms with Crippen molar-refractivity contribution in [3.8, 4) is 0 Å². The van der Waals surface area contributed by atoms with Crippen LogP contribution in [0.4, 0.5) is 0 Å². The molecule has 0 fully saturated rings. The van der Waals surface area contributed by atoms with Crippen LogP contribution < -0.4 is 15.9 Å². The summed E-state index contributed by atoms with van der Waals surface area (Å²) in [5.74, 6) is 0. The lowest BCUT2D eigenvalue weighted by atomic mass is 10.5. The number of hydrogen-bond acceptors (Lipinski definition) is 4. The van der Waals surface area contributed by atoms with Gasteiger partial charge in [-0.05, 0) is 39.0 Å². The van der Waals surface area contributed by atoms with Gasteiger partial charge < -0.3 is 0 Å². The van der Waals surface area contributed by atoms with Crippen molar-refractivity contribution in [3.05, 3.63) is 49.0 Å². The third kappa shape index (κ3) is 2.49. The van der Waals surface area contributed by atoms with Crippen LogP contribution in [-0.2, 0) is 11.8 Å². The Balaban J connectivity index is 2.25. The van der Waals surface area contributed by atoms with Gasteiger partial charge in [-0.3, -0.25) is 0 Å². The maximum atomic E-state index is 6.27. The molecule has 0 unspecified atom stereocenters. The topological polar surface area (TPSA) is 0 Å². The fourth-order valence-corrected chi connectivity index (χ4v) is 10.1. The van der Waals surface area contributed by atoms with Gasteiger partial charge in [0.2, 0.25) is 0 Å². The zero-order valence-corrected chi connectivity index (χ0v) is 15.7. The van der Waals surface area contributed by atoms with Crippen LogP contribution in [0.2, 0.25) is 0 Å². The molecule has 20 heavy (non-hydrogen) atoms. The van der Waals surface area contributed by atoms with E-state index in [4.69, 9.17) is 11.8 Å². The van der Waals surface area contributed by atoms with E-state index < -0.39 is 6.04 Å². The first kappa shape index (κ1) is 14.7. The normalized spacial score (nSPS) is 11.9. The molecule has 3 rings (SSSR count). The molecule has 0 N–H and O–H groups in total. The lowest BCUT2D eigenvalue weighted by molar-refractivity contribution is 1.65. The number of thiophene rings is 3. The zero-order valence-electron chi connectivity index (χ0n) is 11.5. The Morgan fingerprint density at radius 3 is 1.20 bits per heavy atom. The van der Waals surface area contributed by atoms with Crippen LogP contribution in [-0.4, -0.2) is 0 Å². The van der Waals surface area contributed by atoms with Crippen molar-refractivity contribution in [2.24, 2.45) is 0 Å². The van der Waals surface area contributed by atoms with Crippen molar-refractivity contribution in [3.63, 3.8) is 0 Å². The van der Waals surface area contributed by atoms with Crippen LogP contribution in [0.25, 0.3) is 0 Å². The van der Waals surface area contributed by atoms with Gasteiger partial charge in [-0.2, -0.15) is 0 Å². The van der Waals surface area contributed by atoms with Gasteiger partial charge in [-0.15, -0.1) is 34.0 Å². The van der Waals surface area contributed by atoms with Crippen molar-refractivity contribution in [2.75, 3.05) is 0 Å². The lowest BCUT2D eigenvalue weighted by Gasteiger charge is -2.19. The van der Waals surface area contributed by atoms with E-state index >= 15 is 0 Å². The standard InChI is InChI=1S/C15H15PS4/c1-10-4-13(7-18-10)16(17,14-5-11(2)19-8-14)15-6-12(3)20-9-15/h4-9H,1-3H3. The number of hydrogen-bond donors (Lipinski definition) is 0. The summed E-state index contributed by atoms with van der Waals surface area (Å²) in [7, 11) is 0. The molecule has 0 aliphatic carbocycles. The summed E-state index contributed by atoms with van der Waals surface area (Å²) in [5, 5.41) is 10.8. The van der Waals surface area contributed by atoms with Crippen LogP contribution in [0.3, 0.4) is 0 Å². The van der Waals surface area contributed by atoms with E-state index in [1.165, 1.54) is 30.5 Å². The van der Waals surface area contributed by atoms with Crippen LogP contribution in [0, 0.1) is 20.8 Å². The Bertz CT molecular complexity index is 685. The van der Waals surface area contributed by atoms with E-state index in [9.17, 15) is 0 Å². The molecule has 0 saturated heterocycles. The Hall–Kier alpha value is -0.250. The van der Waals surface area contributed by atoms with Crippen molar-refractivity contribution >= 4 is 67.8 Å². The summed E-state index contributed by atoms with van der Waals surface area (Å²) < 4.78 is 0. The maximum absolute atomic E-state index is 6.27. The monoisotopic (exact) mass is 354 g/mol. The van der Waals surface area contributed by atoms with E-state index in [1.807, 2.05) is 0 Å². The molecular formula is C15H15PS4. The first-order chi connectivity index (χ1) is 9.50. The number of rotatable bonds is 3. The first-order valence-corrected chi connectivity index (χ1v) is 11.7. The second-order valence-corrected chi connectivity index (χ2v) is 12.6. The molecule has 104 valence electrons. The molecule has 3 aromatic heterocycles. The van der Waals surface area contributed by atoms with Crippen molar-refractivity contribution in [2.45, 2.75) is 20.8 Å². The molecule has 0 amide bonds. The third-order valence-corrected chi connectivity index (χ3v) is 11.2. The minimum atomic E-state index is -1.85. The van der Waals surface area contributed by atoms with Gasteiger partial charge in [0.05, 0.1) is 0 Å². The van der Waals surface area contributed by atoms with Crippen molar-refractivity contribution < 1.29 is 0 Å². The van der Waals surface area contributed by atoms with Gasteiger partial charge in [0.15, 0.2) is 0 Å². The molecule has 0 aliphatic heterocycles. The smallest absolute Gasteiger partial charge is 0.0404 e. The molecule has 0 radical (unpaired) electrons. The quantitative estimate of drug-likeness (QED) is 0.622. The molecule has 0 saturated carbocycles. The summed E-state index contributed by atoms with van der Waals surface area (Å²) in [6, 6.07) is 5.00. The average molecular weight is 355 g/mol. The van der Waals surface area contributed by atoms with E-state index in [0.717, 1.165) is 0 Å². The van der Waals surface area contributed by atoms with Gasteiger partial charge in [0, 0.05) is 52.7 Å². The Kier molecular flexibility index (Phi) is 4.04. The fraction of sp³-hybridized carbons (Fsp3) is 0.200. The second-order valence-electron chi connectivity index (χ2n) is 4.86. The van der Waals surface area contributed by atoms with Gasteiger partial charge >= 0.3 is 0 Å². The number of aryl methyl sites for hydroxylation is 3. The van der Waals surface area contributed by atoms with E-state index in [2.05, 4.69) is 55.1 Å². The summed E-state index contributed by atoms with van der Waals surface area (Å²) in [5.41, 5.74) is 0. The minimum absolute atomic E-state index is 1.34. The molecule has 0 spiro atoms. The van der Waals surface area contributed by atoms with E-state index in [-0.39, 0.29) is 0 Å². The van der Waals surface area contributed by atoms with E-state index in [1.54, 1.807) is 34.0 Å². The SMILES string of the molecule is Cc1cc(P(=S)(c2csc(C)c2)c2csc(C)c2)cs1. The predicted molar refractivity (Wildman–Crippen MR) is 100 cm³/mol. The first-order valence-electron chi connectivity index (χ1n) is 6.27. The molecule has 0 nitrogen and oxygen atoms in total. The Labute approximate surface area is 137 Å². The molecule has 5 heteroatoms. The molecule has 0 atom stereocenters. The lowest BCUT2D eigenvalue weighted by Crippen LogP contribution is -2.21. The highest BCUT2D eigenvalue weighted by atomic mass is 32.4.